The third-order valence-corrected chi connectivity index (χ3v) is 5.32. The summed E-state index contributed by atoms with van der Waals surface area (Å²) in [7, 11) is 0. The van der Waals surface area contributed by atoms with Crippen LogP contribution < -0.4 is 15.9 Å². The predicted octanol–water partition coefficient (Wildman–Crippen LogP) is 1.48. The Morgan fingerprint density at radius 1 is 1.15 bits per heavy atom. The van der Waals surface area contributed by atoms with Gasteiger partial charge in [0.15, 0.2) is 5.17 Å². The number of amidine groups is 1. The van der Waals surface area contributed by atoms with E-state index >= 15 is 0 Å². The van der Waals surface area contributed by atoms with E-state index in [1.165, 1.54) is 16.8 Å². The van der Waals surface area contributed by atoms with Gasteiger partial charge in [0, 0.05) is 16.5 Å². The minimum Gasteiger partial charge on any atom is -0.298 e. The number of benzene rings is 2. The number of hydrazone groups is 1. The van der Waals surface area contributed by atoms with Crippen molar-refractivity contribution in [2.75, 3.05) is 5.75 Å². The molecule has 1 atom stereocenters. The third-order valence-electron chi connectivity index (χ3n) is 4.25. The Hall–Kier alpha value is -2.93. The van der Waals surface area contributed by atoms with Crippen molar-refractivity contribution >= 4 is 34.3 Å². The lowest BCUT2D eigenvalue weighted by molar-refractivity contribution is -0.115. The zero-order chi connectivity index (χ0) is 18.8. The van der Waals surface area contributed by atoms with Crippen molar-refractivity contribution in [1.29, 1.82) is 0 Å². The molecule has 2 aromatic rings. The molecule has 0 aromatic heterocycles. The average molecular weight is 378 g/mol. The molecule has 2 aliphatic rings. The molecule has 0 radical (unpaired) electrons. The first-order valence-electron chi connectivity index (χ1n) is 8.77. The molecular weight excluding hydrogens is 360 g/mol. The van der Waals surface area contributed by atoms with E-state index in [9.17, 15) is 9.59 Å². The van der Waals surface area contributed by atoms with Gasteiger partial charge in [0.25, 0.3) is 5.91 Å². The van der Waals surface area contributed by atoms with Gasteiger partial charge in [-0.3, -0.25) is 14.9 Å². The first-order valence-corrected chi connectivity index (χ1v) is 9.76. The average Bonchev–Trinajstić information content (AvgIpc) is 2.71. The molecule has 6 nitrogen and oxygen atoms in total. The summed E-state index contributed by atoms with van der Waals surface area (Å²) >= 11 is 1.46. The molecule has 0 bridgehead atoms. The molecular formula is C20H18N4O2S. The summed E-state index contributed by atoms with van der Waals surface area (Å²) in [6.07, 6.45) is 0.0518. The molecule has 0 saturated carbocycles. The minimum absolute atomic E-state index is 0.194. The number of nitrogens with one attached hydrogen (secondary N) is 1. The number of carbonyl (C=O) groups excluding carboxylic acids is 2. The van der Waals surface area contributed by atoms with Crippen LogP contribution in [0.2, 0.25) is 0 Å². The molecule has 27 heavy (non-hydrogen) atoms. The van der Waals surface area contributed by atoms with Crippen LogP contribution in [0.1, 0.15) is 23.7 Å². The summed E-state index contributed by atoms with van der Waals surface area (Å²) in [4.78, 5) is 30.6. The Morgan fingerprint density at radius 3 is 2.67 bits per heavy atom. The summed E-state index contributed by atoms with van der Waals surface area (Å²) in [6, 6.07) is 16.3. The Balaban J connectivity index is 1.86. The second-order valence-corrected chi connectivity index (χ2v) is 7.23. The first-order chi connectivity index (χ1) is 13.2. The highest BCUT2D eigenvalue weighted by Gasteiger charge is 2.37. The third kappa shape index (κ3) is 3.26. The maximum absolute atomic E-state index is 13.1. The van der Waals surface area contributed by atoms with E-state index in [1.807, 2.05) is 42.5 Å². The van der Waals surface area contributed by atoms with Gasteiger partial charge in [0.05, 0.1) is 5.36 Å². The molecule has 0 unspecified atom stereocenters. The summed E-state index contributed by atoms with van der Waals surface area (Å²) in [5.74, 6) is 0.366. The zero-order valence-electron chi connectivity index (χ0n) is 14.8. The quantitative estimate of drug-likeness (QED) is 0.818. The van der Waals surface area contributed by atoms with Crippen LogP contribution in [0.4, 0.5) is 0 Å². The molecule has 1 N–H and O–H groups in total. The molecule has 4 rings (SSSR count). The fourth-order valence-electron chi connectivity index (χ4n) is 3.01. The number of para-hydroxylation sites is 1. The molecule has 0 spiro atoms. The van der Waals surface area contributed by atoms with E-state index < -0.39 is 6.17 Å². The number of thioether (sulfide) groups is 1. The first kappa shape index (κ1) is 17.5. The Bertz CT molecular complexity index is 1050. The van der Waals surface area contributed by atoms with Gasteiger partial charge < -0.3 is 0 Å². The molecule has 1 amide bonds. The predicted molar refractivity (Wildman–Crippen MR) is 105 cm³/mol. The summed E-state index contributed by atoms with van der Waals surface area (Å²) in [6.45, 7) is 2.06. The lowest BCUT2D eigenvalue weighted by Crippen LogP contribution is -2.54. The lowest BCUT2D eigenvalue weighted by atomic mass is 10.1. The summed E-state index contributed by atoms with van der Waals surface area (Å²) in [5, 5.41) is 10.6. The van der Waals surface area contributed by atoms with E-state index in [1.54, 1.807) is 12.1 Å². The van der Waals surface area contributed by atoms with Crippen molar-refractivity contribution in [3.63, 3.8) is 0 Å². The second kappa shape index (κ2) is 7.36. The Labute approximate surface area is 160 Å². The van der Waals surface area contributed by atoms with Gasteiger partial charge in [-0.2, -0.15) is 0 Å². The number of Topliss-reactive ketones (excluding diaryl/α,β-unsaturated/α-hetero) is 1. The minimum atomic E-state index is -0.902. The van der Waals surface area contributed by atoms with Gasteiger partial charge in [-0.25, -0.2) is 10.0 Å². The van der Waals surface area contributed by atoms with Crippen molar-refractivity contribution in [3.05, 3.63) is 70.7 Å². The van der Waals surface area contributed by atoms with E-state index in [4.69, 9.17) is 0 Å². The lowest BCUT2D eigenvalue weighted by Gasteiger charge is -2.33. The zero-order valence-corrected chi connectivity index (χ0v) is 15.6. The van der Waals surface area contributed by atoms with Crippen LogP contribution in [0, 0.1) is 0 Å². The Morgan fingerprint density at radius 2 is 1.89 bits per heavy atom. The van der Waals surface area contributed by atoms with E-state index in [-0.39, 0.29) is 11.7 Å². The van der Waals surface area contributed by atoms with Crippen molar-refractivity contribution < 1.29 is 9.59 Å². The van der Waals surface area contributed by atoms with Gasteiger partial charge in [-0.1, -0.05) is 67.2 Å². The van der Waals surface area contributed by atoms with Crippen LogP contribution >= 0.6 is 11.8 Å². The van der Waals surface area contributed by atoms with Gasteiger partial charge in [0.1, 0.15) is 5.70 Å². The number of rotatable bonds is 4. The summed E-state index contributed by atoms with van der Waals surface area (Å²) < 4.78 is 0. The number of fused-ring (bicyclic) bond motifs is 2. The van der Waals surface area contributed by atoms with Crippen LogP contribution in [0.5, 0.6) is 0 Å². The maximum Gasteiger partial charge on any atom is 0.276 e. The SMILES string of the molecule is CCCSC1=NN2C(=c3ccccc3=N[C@H]2C(=O)c2ccccc2)C(=O)N1. The van der Waals surface area contributed by atoms with Crippen molar-refractivity contribution in [2.45, 2.75) is 19.5 Å². The number of carbonyl (C=O) groups is 2. The van der Waals surface area contributed by atoms with Gasteiger partial charge >= 0.3 is 0 Å². The molecule has 2 aromatic carbocycles. The number of amides is 1. The van der Waals surface area contributed by atoms with Crippen LogP contribution in [0.15, 0.2) is 64.7 Å². The number of hydrogen-bond acceptors (Lipinski definition) is 6. The molecule has 0 aliphatic carbocycles. The maximum atomic E-state index is 13.1. The van der Waals surface area contributed by atoms with E-state index in [0.717, 1.165) is 12.2 Å². The van der Waals surface area contributed by atoms with Crippen LogP contribution in [0.3, 0.4) is 0 Å². The van der Waals surface area contributed by atoms with Crippen molar-refractivity contribution in [2.24, 2.45) is 10.1 Å². The van der Waals surface area contributed by atoms with Crippen molar-refractivity contribution in [3.8, 4) is 0 Å². The molecule has 2 heterocycles. The topological polar surface area (TPSA) is 74.1 Å². The molecule has 2 aliphatic heterocycles. The largest absolute Gasteiger partial charge is 0.298 e. The number of ketones is 1. The Kier molecular flexibility index (Phi) is 4.77. The molecule has 7 heteroatoms. The van der Waals surface area contributed by atoms with E-state index in [2.05, 4.69) is 22.3 Å². The highest BCUT2D eigenvalue weighted by Crippen LogP contribution is 2.23. The fourth-order valence-corrected chi connectivity index (χ4v) is 3.72. The second-order valence-electron chi connectivity index (χ2n) is 6.15. The van der Waals surface area contributed by atoms with Gasteiger partial charge in [-0.05, 0) is 12.5 Å². The van der Waals surface area contributed by atoms with Gasteiger partial charge in [0.2, 0.25) is 11.9 Å². The fraction of sp³-hybridized carbons (Fsp3) is 0.200. The van der Waals surface area contributed by atoms with Crippen LogP contribution in [0.25, 0.3) is 5.70 Å². The highest BCUT2D eigenvalue weighted by molar-refractivity contribution is 8.13. The number of nitrogens with zero attached hydrogens (tertiary/aromatic N) is 3. The van der Waals surface area contributed by atoms with E-state index in [0.29, 0.717) is 27.0 Å². The highest BCUT2D eigenvalue weighted by atomic mass is 32.2. The van der Waals surface area contributed by atoms with Crippen LogP contribution in [-0.4, -0.2) is 33.8 Å². The molecule has 0 fully saturated rings. The normalized spacial score (nSPS) is 18.0. The van der Waals surface area contributed by atoms with Gasteiger partial charge in [-0.15, -0.1) is 5.10 Å². The standard InChI is InChI=1S/C20H18N4O2S/c1-2-12-27-20-22-19(26)16-14-10-6-7-11-15(14)21-18(24(16)23-20)17(25)13-8-4-3-5-9-13/h3-11,18H,2,12H2,1H3,(H,22,23,26)/t18-/m1/s1. The molecule has 136 valence electrons. The monoisotopic (exact) mass is 378 g/mol. The van der Waals surface area contributed by atoms with Crippen LogP contribution in [-0.2, 0) is 4.79 Å². The smallest absolute Gasteiger partial charge is 0.276 e. The van der Waals surface area contributed by atoms with Crippen molar-refractivity contribution in [1.82, 2.24) is 10.3 Å². The summed E-state index contributed by atoms with van der Waals surface area (Å²) in [5.41, 5.74) is 0.893. The molecule has 0 saturated heterocycles. The number of hydrogen-bond donors (Lipinski definition) is 1.